The van der Waals surface area contributed by atoms with Crippen LogP contribution in [0, 0.1) is 11.3 Å². The molecule has 1 rings (SSSR count). The minimum atomic E-state index is 0.690. The Balaban J connectivity index is 2.73. The number of nitriles is 1. The van der Waals surface area contributed by atoms with Crippen molar-refractivity contribution in [1.29, 1.82) is 5.26 Å². The van der Waals surface area contributed by atoms with Gasteiger partial charge in [-0.2, -0.15) is 5.26 Å². The van der Waals surface area contributed by atoms with E-state index in [2.05, 4.69) is 52.8 Å². The van der Waals surface area contributed by atoms with Gasteiger partial charge in [0.05, 0.1) is 17.3 Å². The fraction of sp³-hybridized carbons (Fsp3) is 0.500. The maximum absolute atomic E-state index is 8.86. The van der Waals surface area contributed by atoms with Gasteiger partial charge in [0.25, 0.3) is 0 Å². The fourth-order valence-electron chi connectivity index (χ4n) is 1.86. The molecule has 0 saturated carbocycles. The first-order chi connectivity index (χ1) is 8.58. The monoisotopic (exact) mass is 309 g/mol. The summed E-state index contributed by atoms with van der Waals surface area (Å²) in [5.74, 6) is 0. The zero-order valence-electron chi connectivity index (χ0n) is 11.3. The number of anilines is 1. The third-order valence-electron chi connectivity index (χ3n) is 2.83. The highest BCUT2D eigenvalue weighted by Gasteiger charge is 2.09. The average molecular weight is 310 g/mol. The highest BCUT2D eigenvalue weighted by molar-refractivity contribution is 9.10. The number of hydrogen-bond acceptors (Lipinski definition) is 3. The van der Waals surface area contributed by atoms with Crippen molar-refractivity contribution in [3.63, 3.8) is 0 Å². The smallest absolute Gasteiger partial charge is 0.0992 e. The maximum Gasteiger partial charge on any atom is 0.0992 e. The van der Waals surface area contributed by atoms with Crippen molar-refractivity contribution in [1.82, 2.24) is 4.90 Å². The van der Waals surface area contributed by atoms with Crippen LogP contribution in [0.3, 0.4) is 0 Å². The van der Waals surface area contributed by atoms with Crippen molar-refractivity contribution < 1.29 is 0 Å². The predicted molar refractivity (Wildman–Crippen MR) is 79.9 cm³/mol. The van der Waals surface area contributed by atoms with Gasteiger partial charge in [-0.05, 0) is 68.1 Å². The molecule has 4 heteroatoms. The Morgan fingerprint density at radius 2 is 2.00 bits per heavy atom. The van der Waals surface area contributed by atoms with Crippen LogP contribution >= 0.6 is 15.9 Å². The number of benzene rings is 1. The number of nitrogens with zero attached hydrogens (tertiary/aromatic N) is 3. The maximum atomic E-state index is 8.86. The summed E-state index contributed by atoms with van der Waals surface area (Å²) in [5, 5.41) is 8.86. The van der Waals surface area contributed by atoms with Crippen LogP contribution < -0.4 is 4.90 Å². The molecule has 0 aliphatic rings. The van der Waals surface area contributed by atoms with Gasteiger partial charge in [0.1, 0.15) is 0 Å². The molecule has 0 aromatic heterocycles. The first kappa shape index (κ1) is 15.0. The van der Waals surface area contributed by atoms with Crippen molar-refractivity contribution in [3.05, 3.63) is 28.2 Å². The molecular formula is C14H20BrN3. The SMILES string of the molecule is CCN(CCCN(C)C)c1ccc(C#N)cc1Br. The third kappa shape index (κ3) is 4.32. The van der Waals surface area contributed by atoms with Gasteiger partial charge in [-0.3, -0.25) is 0 Å². The Morgan fingerprint density at radius 3 is 2.50 bits per heavy atom. The van der Waals surface area contributed by atoms with Crippen molar-refractivity contribution in [2.75, 3.05) is 38.6 Å². The Labute approximate surface area is 118 Å². The highest BCUT2D eigenvalue weighted by atomic mass is 79.9. The van der Waals surface area contributed by atoms with Crippen LogP contribution in [0.1, 0.15) is 18.9 Å². The lowest BCUT2D eigenvalue weighted by Crippen LogP contribution is -2.27. The van der Waals surface area contributed by atoms with Crippen LogP contribution in [0.2, 0.25) is 0 Å². The summed E-state index contributed by atoms with van der Waals surface area (Å²) < 4.78 is 0.994. The van der Waals surface area contributed by atoms with E-state index in [0.29, 0.717) is 5.56 Å². The Bertz CT molecular complexity index is 424. The van der Waals surface area contributed by atoms with Crippen molar-refractivity contribution in [2.24, 2.45) is 0 Å². The molecule has 0 saturated heterocycles. The summed E-state index contributed by atoms with van der Waals surface area (Å²) in [4.78, 5) is 4.52. The van der Waals surface area contributed by atoms with Crippen molar-refractivity contribution in [3.8, 4) is 6.07 Å². The van der Waals surface area contributed by atoms with E-state index < -0.39 is 0 Å². The number of rotatable bonds is 6. The third-order valence-corrected chi connectivity index (χ3v) is 3.47. The van der Waals surface area contributed by atoms with Crippen LogP contribution in [0.25, 0.3) is 0 Å². The highest BCUT2D eigenvalue weighted by Crippen LogP contribution is 2.27. The molecule has 0 radical (unpaired) electrons. The molecule has 0 bridgehead atoms. The second kappa shape index (κ2) is 7.40. The quantitative estimate of drug-likeness (QED) is 0.809. The van der Waals surface area contributed by atoms with Gasteiger partial charge < -0.3 is 9.80 Å². The van der Waals surface area contributed by atoms with Gasteiger partial charge in [-0.25, -0.2) is 0 Å². The van der Waals surface area contributed by atoms with E-state index in [1.807, 2.05) is 18.2 Å². The molecule has 18 heavy (non-hydrogen) atoms. The second-order valence-electron chi connectivity index (χ2n) is 4.51. The van der Waals surface area contributed by atoms with E-state index in [1.165, 1.54) is 0 Å². The van der Waals surface area contributed by atoms with E-state index >= 15 is 0 Å². The van der Waals surface area contributed by atoms with Gasteiger partial charge in [-0.15, -0.1) is 0 Å². The summed E-state index contributed by atoms with van der Waals surface area (Å²) in [5.41, 5.74) is 1.85. The molecule has 0 aliphatic carbocycles. The molecule has 0 fully saturated rings. The summed E-state index contributed by atoms with van der Waals surface area (Å²) in [7, 11) is 4.18. The number of halogens is 1. The Kier molecular flexibility index (Phi) is 6.17. The molecule has 3 nitrogen and oxygen atoms in total. The van der Waals surface area contributed by atoms with E-state index in [-0.39, 0.29) is 0 Å². The van der Waals surface area contributed by atoms with Crippen molar-refractivity contribution >= 4 is 21.6 Å². The second-order valence-corrected chi connectivity index (χ2v) is 5.37. The van der Waals surface area contributed by atoms with Gasteiger partial charge in [0.2, 0.25) is 0 Å². The number of hydrogen-bond donors (Lipinski definition) is 0. The molecule has 0 N–H and O–H groups in total. The fourth-order valence-corrected chi connectivity index (χ4v) is 2.49. The standard InChI is InChI=1S/C14H20BrN3/c1-4-18(9-5-8-17(2)3)14-7-6-12(11-16)10-13(14)15/h6-7,10H,4-5,8-9H2,1-3H3. The Morgan fingerprint density at radius 1 is 1.28 bits per heavy atom. The minimum Gasteiger partial charge on any atom is -0.371 e. The summed E-state index contributed by atoms with van der Waals surface area (Å²) in [6, 6.07) is 7.92. The summed E-state index contributed by atoms with van der Waals surface area (Å²) in [6.07, 6.45) is 1.13. The van der Waals surface area contributed by atoms with Gasteiger partial charge in [0, 0.05) is 17.6 Å². The topological polar surface area (TPSA) is 30.3 Å². The molecule has 0 heterocycles. The molecule has 1 aromatic carbocycles. The van der Waals surface area contributed by atoms with Crippen LogP contribution in [-0.2, 0) is 0 Å². The predicted octanol–water partition coefficient (Wildman–Crippen LogP) is 3.10. The normalized spacial score (nSPS) is 10.4. The Hall–Kier alpha value is -1.05. The lowest BCUT2D eigenvalue weighted by Gasteiger charge is -2.25. The molecule has 0 unspecified atom stereocenters. The van der Waals surface area contributed by atoms with E-state index in [1.54, 1.807) is 0 Å². The molecule has 0 aliphatic heterocycles. The lowest BCUT2D eigenvalue weighted by molar-refractivity contribution is 0.400. The van der Waals surface area contributed by atoms with Crippen LogP contribution in [0.5, 0.6) is 0 Å². The van der Waals surface area contributed by atoms with Gasteiger partial charge >= 0.3 is 0 Å². The lowest BCUT2D eigenvalue weighted by atomic mass is 10.2. The first-order valence-electron chi connectivity index (χ1n) is 6.17. The largest absolute Gasteiger partial charge is 0.371 e. The molecule has 0 amide bonds. The van der Waals surface area contributed by atoms with E-state index in [9.17, 15) is 0 Å². The van der Waals surface area contributed by atoms with Crippen LogP contribution in [0.4, 0.5) is 5.69 Å². The molecule has 0 spiro atoms. The van der Waals surface area contributed by atoms with Gasteiger partial charge in [0.15, 0.2) is 0 Å². The zero-order valence-corrected chi connectivity index (χ0v) is 12.9. The zero-order chi connectivity index (χ0) is 13.5. The van der Waals surface area contributed by atoms with Crippen molar-refractivity contribution in [2.45, 2.75) is 13.3 Å². The molecule has 1 aromatic rings. The van der Waals surface area contributed by atoms with Crippen LogP contribution in [-0.4, -0.2) is 38.6 Å². The first-order valence-corrected chi connectivity index (χ1v) is 6.97. The average Bonchev–Trinajstić information content (AvgIpc) is 2.35. The molecular weight excluding hydrogens is 290 g/mol. The molecule has 98 valence electrons. The molecule has 0 atom stereocenters. The van der Waals surface area contributed by atoms with Crippen LogP contribution in [0.15, 0.2) is 22.7 Å². The van der Waals surface area contributed by atoms with E-state index in [4.69, 9.17) is 5.26 Å². The van der Waals surface area contributed by atoms with E-state index in [0.717, 1.165) is 36.2 Å². The minimum absolute atomic E-state index is 0.690. The summed E-state index contributed by atoms with van der Waals surface area (Å²) >= 11 is 3.55. The summed E-state index contributed by atoms with van der Waals surface area (Å²) in [6.45, 7) is 5.24. The van der Waals surface area contributed by atoms with Gasteiger partial charge in [-0.1, -0.05) is 0 Å².